The van der Waals surface area contributed by atoms with Crippen LogP contribution in [0.1, 0.15) is 28.2 Å². The van der Waals surface area contributed by atoms with Gasteiger partial charge in [0.2, 0.25) is 0 Å². The molecule has 0 N–H and O–H groups in total. The van der Waals surface area contributed by atoms with Gasteiger partial charge in [0.25, 0.3) is 5.91 Å². The van der Waals surface area contributed by atoms with E-state index in [4.69, 9.17) is 4.74 Å². The third-order valence-electron chi connectivity index (χ3n) is 3.65. The fourth-order valence-electron chi connectivity index (χ4n) is 2.62. The highest BCUT2D eigenvalue weighted by molar-refractivity contribution is 6.06. The Morgan fingerprint density at radius 1 is 1.29 bits per heavy atom. The Morgan fingerprint density at radius 3 is 2.86 bits per heavy atom. The first kappa shape index (κ1) is 13.5. The van der Waals surface area contributed by atoms with Gasteiger partial charge in [-0.1, -0.05) is 12.1 Å². The maximum absolute atomic E-state index is 12.7. The lowest BCUT2D eigenvalue weighted by molar-refractivity contribution is 0.0979. The topological polar surface area (TPSA) is 55.3 Å². The smallest absolute Gasteiger partial charge is 0.278 e. The molecule has 21 heavy (non-hydrogen) atoms. The normalized spacial score (nSPS) is 13.7. The summed E-state index contributed by atoms with van der Waals surface area (Å²) in [7, 11) is 1.62. The molecule has 0 saturated carbocycles. The number of fused-ring (bicyclic) bond motifs is 1. The predicted molar refractivity (Wildman–Crippen MR) is 79.8 cm³/mol. The van der Waals surface area contributed by atoms with Crippen molar-refractivity contribution in [1.29, 1.82) is 0 Å². The van der Waals surface area contributed by atoms with Crippen LogP contribution in [0.15, 0.2) is 30.6 Å². The predicted octanol–water partition coefficient (Wildman–Crippen LogP) is 2.39. The zero-order valence-corrected chi connectivity index (χ0v) is 12.2. The third-order valence-corrected chi connectivity index (χ3v) is 3.65. The molecule has 0 bridgehead atoms. The molecule has 1 aromatic carbocycles. The average molecular weight is 283 g/mol. The SMILES string of the molecule is COc1cccc2c1N(C(=O)c1cnc(C)cn1)CCC2. The number of hydrogen-bond donors (Lipinski definition) is 0. The molecule has 0 unspecified atom stereocenters. The lowest BCUT2D eigenvalue weighted by Gasteiger charge is -2.30. The number of carbonyl (C=O) groups is 1. The molecule has 5 nitrogen and oxygen atoms in total. The minimum atomic E-state index is -0.132. The van der Waals surface area contributed by atoms with E-state index in [1.54, 1.807) is 18.2 Å². The molecule has 1 aliphatic heterocycles. The van der Waals surface area contributed by atoms with E-state index in [1.807, 2.05) is 25.1 Å². The van der Waals surface area contributed by atoms with Crippen molar-refractivity contribution in [2.45, 2.75) is 19.8 Å². The molecule has 1 aliphatic rings. The van der Waals surface area contributed by atoms with Crippen LogP contribution in [0.25, 0.3) is 0 Å². The summed E-state index contributed by atoms with van der Waals surface area (Å²) in [5.74, 6) is 0.591. The average Bonchev–Trinajstić information content (AvgIpc) is 2.53. The number of methoxy groups -OCH3 is 1. The van der Waals surface area contributed by atoms with Gasteiger partial charge in [0.15, 0.2) is 0 Å². The number of nitrogens with zero attached hydrogens (tertiary/aromatic N) is 3. The van der Waals surface area contributed by atoms with Crippen LogP contribution in [0.3, 0.4) is 0 Å². The van der Waals surface area contributed by atoms with Gasteiger partial charge in [-0.15, -0.1) is 0 Å². The molecule has 0 spiro atoms. The summed E-state index contributed by atoms with van der Waals surface area (Å²) in [6.45, 7) is 2.52. The molecule has 2 aromatic rings. The van der Waals surface area contributed by atoms with Crippen molar-refractivity contribution in [3.63, 3.8) is 0 Å². The second kappa shape index (κ2) is 5.52. The van der Waals surface area contributed by atoms with Crippen molar-refractivity contribution < 1.29 is 9.53 Å². The van der Waals surface area contributed by atoms with Crippen molar-refractivity contribution in [3.05, 3.63) is 47.5 Å². The Kier molecular flexibility index (Phi) is 3.56. The van der Waals surface area contributed by atoms with Gasteiger partial charge in [0.1, 0.15) is 11.4 Å². The monoisotopic (exact) mass is 283 g/mol. The lowest BCUT2D eigenvalue weighted by Crippen LogP contribution is -2.36. The summed E-state index contributed by atoms with van der Waals surface area (Å²) in [5.41, 5.74) is 3.15. The van der Waals surface area contributed by atoms with Crippen LogP contribution in [0, 0.1) is 6.92 Å². The van der Waals surface area contributed by atoms with Gasteiger partial charge in [0, 0.05) is 12.7 Å². The second-order valence-corrected chi connectivity index (χ2v) is 5.07. The van der Waals surface area contributed by atoms with Gasteiger partial charge in [-0.05, 0) is 31.4 Å². The quantitative estimate of drug-likeness (QED) is 0.849. The highest BCUT2D eigenvalue weighted by Gasteiger charge is 2.27. The Labute approximate surface area is 123 Å². The van der Waals surface area contributed by atoms with E-state index in [2.05, 4.69) is 9.97 Å². The van der Waals surface area contributed by atoms with E-state index < -0.39 is 0 Å². The van der Waals surface area contributed by atoms with E-state index in [9.17, 15) is 4.79 Å². The zero-order valence-electron chi connectivity index (χ0n) is 12.2. The number of hydrogen-bond acceptors (Lipinski definition) is 4. The van der Waals surface area contributed by atoms with Crippen molar-refractivity contribution >= 4 is 11.6 Å². The molecular weight excluding hydrogens is 266 g/mol. The van der Waals surface area contributed by atoms with E-state index in [1.165, 1.54) is 6.20 Å². The van der Waals surface area contributed by atoms with Gasteiger partial charge >= 0.3 is 0 Å². The fourth-order valence-corrected chi connectivity index (χ4v) is 2.62. The summed E-state index contributed by atoms with van der Waals surface area (Å²) >= 11 is 0. The molecule has 0 atom stereocenters. The largest absolute Gasteiger partial charge is 0.495 e. The summed E-state index contributed by atoms with van der Waals surface area (Å²) < 4.78 is 5.42. The molecular formula is C16H17N3O2. The van der Waals surface area contributed by atoms with Crippen LogP contribution in [0.4, 0.5) is 5.69 Å². The number of carbonyl (C=O) groups excluding carboxylic acids is 1. The van der Waals surface area contributed by atoms with Crippen LogP contribution in [-0.4, -0.2) is 29.5 Å². The van der Waals surface area contributed by atoms with Crippen LogP contribution < -0.4 is 9.64 Å². The van der Waals surface area contributed by atoms with Gasteiger partial charge in [-0.3, -0.25) is 9.78 Å². The molecule has 0 radical (unpaired) electrons. The van der Waals surface area contributed by atoms with Crippen LogP contribution >= 0.6 is 0 Å². The van der Waals surface area contributed by atoms with Gasteiger partial charge in [-0.25, -0.2) is 4.98 Å². The van der Waals surface area contributed by atoms with Gasteiger partial charge in [-0.2, -0.15) is 0 Å². The second-order valence-electron chi connectivity index (χ2n) is 5.07. The summed E-state index contributed by atoms with van der Waals surface area (Å²) in [5, 5.41) is 0. The lowest BCUT2D eigenvalue weighted by atomic mass is 10.0. The van der Waals surface area contributed by atoms with Gasteiger partial charge in [0.05, 0.1) is 24.7 Å². The first-order valence-corrected chi connectivity index (χ1v) is 6.97. The number of benzene rings is 1. The standard InChI is InChI=1S/C16H17N3O2/c1-11-9-18-13(10-17-11)16(20)19-8-4-6-12-5-3-7-14(21-2)15(12)19/h3,5,7,9-10H,4,6,8H2,1-2H3. The summed E-state index contributed by atoms with van der Waals surface area (Å²) in [4.78, 5) is 22.8. The molecule has 1 amide bonds. The molecule has 5 heteroatoms. The van der Waals surface area contributed by atoms with Crippen LogP contribution in [0.5, 0.6) is 5.75 Å². The maximum atomic E-state index is 12.7. The Balaban J connectivity index is 2.01. The first-order chi connectivity index (χ1) is 10.2. The Morgan fingerprint density at radius 2 is 2.14 bits per heavy atom. The minimum absolute atomic E-state index is 0.132. The molecule has 0 aliphatic carbocycles. The maximum Gasteiger partial charge on any atom is 0.278 e. The molecule has 0 saturated heterocycles. The summed E-state index contributed by atoms with van der Waals surface area (Å²) in [6.07, 6.45) is 5.03. The number of ether oxygens (including phenoxy) is 1. The first-order valence-electron chi connectivity index (χ1n) is 6.97. The number of anilines is 1. The highest BCUT2D eigenvalue weighted by atomic mass is 16.5. The number of amides is 1. The van der Waals surface area contributed by atoms with Crippen molar-refractivity contribution in [3.8, 4) is 5.75 Å². The molecule has 3 rings (SSSR count). The van der Waals surface area contributed by atoms with E-state index >= 15 is 0 Å². The molecule has 2 heterocycles. The third kappa shape index (κ3) is 2.46. The number of rotatable bonds is 2. The number of aromatic nitrogens is 2. The summed E-state index contributed by atoms with van der Waals surface area (Å²) in [6, 6.07) is 5.88. The van der Waals surface area contributed by atoms with Crippen molar-refractivity contribution in [1.82, 2.24) is 9.97 Å². The van der Waals surface area contributed by atoms with Crippen LogP contribution in [-0.2, 0) is 6.42 Å². The number of para-hydroxylation sites is 1. The van der Waals surface area contributed by atoms with E-state index in [0.717, 1.165) is 35.5 Å². The minimum Gasteiger partial charge on any atom is -0.495 e. The van der Waals surface area contributed by atoms with Crippen LogP contribution in [0.2, 0.25) is 0 Å². The zero-order chi connectivity index (χ0) is 14.8. The fraction of sp³-hybridized carbons (Fsp3) is 0.312. The molecule has 0 fully saturated rings. The van der Waals surface area contributed by atoms with E-state index in [-0.39, 0.29) is 5.91 Å². The Hall–Kier alpha value is -2.43. The van der Waals surface area contributed by atoms with Crippen molar-refractivity contribution in [2.24, 2.45) is 0 Å². The van der Waals surface area contributed by atoms with Gasteiger partial charge < -0.3 is 9.64 Å². The van der Waals surface area contributed by atoms with Crippen molar-refractivity contribution in [2.75, 3.05) is 18.6 Å². The molecule has 108 valence electrons. The van der Waals surface area contributed by atoms with E-state index in [0.29, 0.717) is 12.2 Å². The Bertz CT molecular complexity index is 653. The number of aryl methyl sites for hydroxylation is 2. The molecule has 1 aromatic heterocycles. The highest BCUT2D eigenvalue weighted by Crippen LogP contribution is 2.36.